The number of alkyl halides is 8. The summed E-state index contributed by atoms with van der Waals surface area (Å²) >= 11 is 27.6. The van der Waals surface area contributed by atoms with Crippen LogP contribution in [-0.4, -0.2) is 14.3 Å². The topological polar surface area (TPSA) is 0 Å². The Labute approximate surface area is 111 Å². The van der Waals surface area contributed by atoms with Crippen molar-refractivity contribution in [3.63, 3.8) is 0 Å². The summed E-state index contributed by atoms with van der Waals surface area (Å²) in [4.78, 5) is 0. The molecule has 0 atom stereocenters. The number of hydrogen-bond donors (Lipinski definition) is 0. The summed E-state index contributed by atoms with van der Waals surface area (Å²) in [5.74, 6) is 0. The number of halogens is 8. The van der Waals surface area contributed by atoms with Gasteiger partial charge in [-0.15, -0.1) is 0 Å². The average molecular weight is 326 g/mol. The van der Waals surface area contributed by atoms with Crippen molar-refractivity contribution in [2.24, 2.45) is 0 Å². The largest absolute Gasteiger partial charge is 0.389 e. The molecule has 0 aliphatic carbocycles. The molecule has 0 bridgehead atoms. The molecule has 0 spiro atoms. The normalized spacial score (nSPS) is 14.4. The molecule has 0 rings (SSSR count). The fourth-order valence-corrected chi connectivity index (χ4v) is 1.36. The van der Waals surface area contributed by atoms with Crippen LogP contribution in [0.1, 0.15) is 25.7 Å². The van der Waals surface area contributed by atoms with Crippen molar-refractivity contribution in [2.45, 2.75) is 40.0 Å². The van der Waals surface area contributed by atoms with Crippen LogP contribution in [0.4, 0.5) is 13.2 Å². The van der Waals surface area contributed by atoms with Crippen molar-refractivity contribution in [1.82, 2.24) is 0 Å². The molecule has 92 valence electrons. The summed E-state index contributed by atoms with van der Waals surface area (Å²) < 4.78 is 31.7. The minimum Gasteiger partial charge on any atom is -0.171 e. The molecule has 0 aromatic rings. The quantitative estimate of drug-likeness (QED) is 0.462. The summed E-state index contributed by atoms with van der Waals surface area (Å²) in [6, 6.07) is 0. The Morgan fingerprint density at radius 3 is 1.47 bits per heavy atom. The second kappa shape index (κ2) is 5.72. The van der Waals surface area contributed by atoms with Crippen molar-refractivity contribution in [1.29, 1.82) is 0 Å². The first-order valence-electron chi connectivity index (χ1n) is 3.97. The van der Waals surface area contributed by atoms with Gasteiger partial charge < -0.3 is 0 Å². The molecule has 0 aromatic heterocycles. The second-order valence-electron chi connectivity index (χ2n) is 3.02. The van der Waals surface area contributed by atoms with Gasteiger partial charge in [-0.2, -0.15) is 13.2 Å². The van der Waals surface area contributed by atoms with Crippen LogP contribution in [0.15, 0.2) is 0 Å². The van der Waals surface area contributed by atoms with E-state index < -0.39 is 20.7 Å². The predicted molar refractivity (Wildman–Crippen MR) is 59.3 cm³/mol. The van der Waals surface area contributed by atoms with Crippen molar-refractivity contribution in [3.05, 3.63) is 0 Å². The summed E-state index contributed by atoms with van der Waals surface area (Å²) in [6.45, 7) is 0. The van der Waals surface area contributed by atoms with Gasteiger partial charge in [0.25, 0.3) is 0 Å². The van der Waals surface area contributed by atoms with E-state index in [-0.39, 0.29) is 19.3 Å². The number of hydrogen-bond acceptors (Lipinski definition) is 0. The van der Waals surface area contributed by atoms with Gasteiger partial charge in [0.2, 0.25) is 3.79 Å². The van der Waals surface area contributed by atoms with E-state index in [1.807, 2.05) is 0 Å². The van der Waals surface area contributed by atoms with E-state index in [4.69, 9.17) is 58.0 Å². The lowest BCUT2D eigenvalue weighted by Crippen LogP contribution is -2.30. The maximum Gasteiger partial charge on any atom is 0.389 e. The fourth-order valence-electron chi connectivity index (χ4n) is 0.814. The van der Waals surface area contributed by atoms with Crippen LogP contribution in [0.5, 0.6) is 0 Å². The zero-order valence-electron chi connectivity index (χ0n) is 7.35. The summed E-state index contributed by atoms with van der Waals surface area (Å²) in [5.41, 5.74) is 0. The van der Waals surface area contributed by atoms with Gasteiger partial charge in [0.05, 0.1) is 0 Å². The summed E-state index contributed by atoms with van der Waals surface area (Å²) in [5, 5.41) is 0. The maximum atomic E-state index is 11.8. The molecule has 0 saturated heterocycles. The van der Waals surface area contributed by atoms with E-state index in [0.717, 1.165) is 0 Å². The Balaban J connectivity index is 3.87. The monoisotopic (exact) mass is 324 g/mol. The molecular weight excluding hydrogens is 318 g/mol. The highest BCUT2D eigenvalue weighted by atomic mass is 35.6. The van der Waals surface area contributed by atoms with Crippen LogP contribution >= 0.6 is 58.0 Å². The van der Waals surface area contributed by atoms with Crippen LogP contribution in [0.3, 0.4) is 0 Å². The van der Waals surface area contributed by atoms with Crippen molar-refractivity contribution >= 4 is 58.0 Å². The zero-order valence-corrected chi connectivity index (χ0v) is 11.1. The molecule has 8 heteroatoms. The molecule has 0 N–H and O–H groups in total. The van der Waals surface area contributed by atoms with Gasteiger partial charge in [0.1, 0.15) is 0 Å². The third kappa shape index (κ3) is 7.22. The molecule has 0 aliphatic heterocycles. The van der Waals surface area contributed by atoms with Crippen molar-refractivity contribution < 1.29 is 13.2 Å². The Morgan fingerprint density at radius 2 is 1.13 bits per heavy atom. The lowest BCUT2D eigenvalue weighted by atomic mass is 10.1. The molecule has 0 nitrogen and oxygen atoms in total. The molecule has 0 fully saturated rings. The van der Waals surface area contributed by atoms with E-state index in [0.29, 0.717) is 0 Å². The first kappa shape index (κ1) is 16.2. The number of rotatable bonds is 4. The van der Waals surface area contributed by atoms with E-state index >= 15 is 0 Å². The second-order valence-corrected chi connectivity index (χ2v) is 6.79. The molecule has 0 unspecified atom stereocenters. The Kier molecular flexibility index (Phi) is 6.19. The third-order valence-electron chi connectivity index (χ3n) is 1.62. The highest BCUT2D eigenvalue weighted by molar-refractivity contribution is 6.75. The third-order valence-corrected chi connectivity index (χ3v) is 4.11. The summed E-state index contributed by atoms with van der Waals surface area (Å²) in [7, 11) is 0. The lowest BCUT2D eigenvalue weighted by Gasteiger charge is -2.27. The minimum atomic E-state index is -4.18. The minimum absolute atomic E-state index is 0.0112. The van der Waals surface area contributed by atoms with Gasteiger partial charge in [-0.05, 0) is 19.3 Å². The smallest absolute Gasteiger partial charge is 0.171 e. The Bertz CT molecular complexity index is 196. The molecule has 0 heterocycles. The standard InChI is InChI=1S/C7H8Cl5F3/c8-5(9,7(10,11)12)3-1-2-4-6(13,14)15/h1-4H2. The predicted octanol–water partition coefficient (Wildman–Crippen LogP) is 5.65. The van der Waals surface area contributed by atoms with Gasteiger partial charge >= 0.3 is 6.18 Å². The molecule has 0 saturated carbocycles. The molecule has 15 heavy (non-hydrogen) atoms. The van der Waals surface area contributed by atoms with E-state index in [1.54, 1.807) is 0 Å². The van der Waals surface area contributed by atoms with E-state index in [2.05, 4.69) is 0 Å². The van der Waals surface area contributed by atoms with Gasteiger partial charge in [-0.1, -0.05) is 58.0 Å². The first-order valence-corrected chi connectivity index (χ1v) is 5.86. The van der Waals surface area contributed by atoms with Gasteiger partial charge in [0.15, 0.2) is 4.33 Å². The molecule has 0 aromatic carbocycles. The zero-order chi connectivity index (χ0) is 12.3. The van der Waals surface area contributed by atoms with E-state index in [1.165, 1.54) is 0 Å². The Hall–Kier alpha value is 1.24. The molecule has 0 aliphatic rings. The van der Waals surface area contributed by atoms with E-state index in [9.17, 15) is 13.2 Å². The van der Waals surface area contributed by atoms with Crippen molar-refractivity contribution in [3.8, 4) is 0 Å². The van der Waals surface area contributed by atoms with Crippen LogP contribution in [-0.2, 0) is 0 Å². The van der Waals surface area contributed by atoms with Crippen LogP contribution in [0.2, 0.25) is 0 Å². The average Bonchev–Trinajstić information content (AvgIpc) is 1.94. The van der Waals surface area contributed by atoms with Crippen LogP contribution in [0, 0.1) is 0 Å². The summed E-state index contributed by atoms with van der Waals surface area (Å²) in [6.07, 6.45) is -5.04. The van der Waals surface area contributed by atoms with Gasteiger partial charge in [0, 0.05) is 6.42 Å². The Morgan fingerprint density at radius 1 is 0.733 bits per heavy atom. The number of unbranched alkanes of at least 4 members (excludes halogenated alkanes) is 1. The maximum absolute atomic E-state index is 11.8. The van der Waals surface area contributed by atoms with Gasteiger partial charge in [-0.25, -0.2) is 0 Å². The lowest BCUT2D eigenvalue weighted by molar-refractivity contribution is -0.135. The highest BCUT2D eigenvalue weighted by Gasteiger charge is 2.45. The fraction of sp³-hybridized carbons (Fsp3) is 1.00. The molecule has 0 radical (unpaired) electrons. The van der Waals surface area contributed by atoms with Crippen LogP contribution < -0.4 is 0 Å². The van der Waals surface area contributed by atoms with Crippen LogP contribution in [0.25, 0.3) is 0 Å². The first-order chi connectivity index (χ1) is 6.46. The van der Waals surface area contributed by atoms with Crippen molar-refractivity contribution in [2.75, 3.05) is 0 Å². The highest BCUT2D eigenvalue weighted by Crippen LogP contribution is 2.48. The van der Waals surface area contributed by atoms with Gasteiger partial charge in [-0.3, -0.25) is 0 Å². The molecular formula is C7H8Cl5F3. The SMILES string of the molecule is FC(F)(F)CCCCC(Cl)(Cl)C(Cl)(Cl)Cl. The molecule has 0 amide bonds.